The fraction of sp³-hybridized carbons (Fsp3) is 0.500. The molecular formula is C30H43N3O4S. The Bertz CT molecular complexity index is 1090. The van der Waals surface area contributed by atoms with Crippen LogP contribution in [0.15, 0.2) is 42.5 Å². The molecule has 2 unspecified atom stereocenters. The van der Waals surface area contributed by atoms with Gasteiger partial charge in [0.05, 0.1) is 0 Å². The third-order valence-electron chi connectivity index (χ3n) is 6.06. The number of aryl methyl sites for hydroxylation is 3. The molecule has 2 N–H and O–H groups in total. The molecule has 0 radical (unpaired) electrons. The van der Waals surface area contributed by atoms with E-state index >= 15 is 0 Å². The molecule has 2 atom stereocenters. The minimum atomic E-state index is -0.903. The van der Waals surface area contributed by atoms with Gasteiger partial charge in [0, 0.05) is 11.7 Å². The molecule has 0 spiro atoms. The molecule has 0 fully saturated rings. The largest absolute Gasteiger partial charge is 0.444 e. The number of ether oxygens (including phenoxy) is 1. The van der Waals surface area contributed by atoms with Crippen LogP contribution in [0.5, 0.6) is 0 Å². The fourth-order valence-corrected chi connectivity index (χ4v) is 4.66. The molecule has 0 aliphatic carbocycles. The van der Waals surface area contributed by atoms with Crippen molar-refractivity contribution in [3.8, 4) is 0 Å². The summed E-state index contributed by atoms with van der Waals surface area (Å²) in [5.41, 5.74) is 3.65. The molecule has 7 nitrogen and oxygen atoms in total. The van der Waals surface area contributed by atoms with Crippen LogP contribution < -0.4 is 10.6 Å². The first-order chi connectivity index (χ1) is 17.7. The average molecular weight is 542 g/mol. The van der Waals surface area contributed by atoms with Gasteiger partial charge in [-0.05, 0) is 90.5 Å². The Morgan fingerprint density at radius 3 is 2.05 bits per heavy atom. The molecule has 208 valence electrons. The Balaban J connectivity index is 2.53. The van der Waals surface area contributed by atoms with Crippen molar-refractivity contribution in [1.82, 2.24) is 10.2 Å². The number of carbonyl (C=O) groups is 3. The normalized spacial score (nSPS) is 13.0. The van der Waals surface area contributed by atoms with E-state index in [1.165, 1.54) is 0 Å². The number of anilines is 1. The van der Waals surface area contributed by atoms with E-state index in [1.54, 1.807) is 37.4 Å². The highest BCUT2D eigenvalue weighted by atomic mass is 32.2. The number of rotatable bonds is 10. The number of hydrogen-bond acceptors (Lipinski definition) is 5. The highest BCUT2D eigenvalue weighted by Gasteiger charge is 2.38. The van der Waals surface area contributed by atoms with Crippen LogP contribution in [0.25, 0.3) is 0 Å². The van der Waals surface area contributed by atoms with Crippen LogP contribution in [0, 0.1) is 20.8 Å². The molecular weight excluding hydrogens is 498 g/mol. The first-order valence-electron chi connectivity index (χ1n) is 13.0. The summed E-state index contributed by atoms with van der Waals surface area (Å²) in [6, 6.07) is 11.4. The van der Waals surface area contributed by atoms with Crippen molar-refractivity contribution in [3.05, 3.63) is 64.7 Å². The van der Waals surface area contributed by atoms with Gasteiger partial charge in [0.15, 0.2) is 0 Å². The van der Waals surface area contributed by atoms with Gasteiger partial charge in [-0.3, -0.25) is 9.59 Å². The topological polar surface area (TPSA) is 87.7 Å². The number of carbonyl (C=O) groups excluding carboxylic acids is 3. The lowest BCUT2D eigenvalue weighted by molar-refractivity contribution is -0.143. The molecule has 0 aliphatic heterocycles. The summed E-state index contributed by atoms with van der Waals surface area (Å²) < 4.78 is 5.44. The summed E-state index contributed by atoms with van der Waals surface area (Å²) in [4.78, 5) is 42.4. The summed E-state index contributed by atoms with van der Waals surface area (Å²) in [7, 11) is 0. The van der Waals surface area contributed by atoms with E-state index in [9.17, 15) is 14.4 Å². The predicted molar refractivity (Wildman–Crippen MR) is 157 cm³/mol. The summed E-state index contributed by atoms with van der Waals surface area (Å²) in [6.07, 6.45) is 1.69. The van der Waals surface area contributed by atoms with Crippen molar-refractivity contribution < 1.29 is 19.1 Å². The first kappa shape index (κ1) is 31.2. The van der Waals surface area contributed by atoms with Crippen molar-refractivity contribution in [2.24, 2.45) is 0 Å². The Morgan fingerprint density at radius 2 is 1.55 bits per heavy atom. The van der Waals surface area contributed by atoms with Gasteiger partial charge in [-0.2, -0.15) is 11.8 Å². The molecule has 38 heavy (non-hydrogen) atoms. The van der Waals surface area contributed by atoms with Crippen LogP contribution in [-0.4, -0.2) is 52.5 Å². The number of amides is 3. The minimum absolute atomic E-state index is 0.311. The molecule has 0 bridgehead atoms. The van der Waals surface area contributed by atoms with Gasteiger partial charge in [0.1, 0.15) is 17.7 Å². The number of thioether (sulfide) groups is 1. The van der Waals surface area contributed by atoms with Crippen molar-refractivity contribution in [2.45, 2.75) is 85.5 Å². The Kier molecular flexibility index (Phi) is 11.2. The molecule has 2 rings (SSSR count). The van der Waals surface area contributed by atoms with Crippen LogP contribution in [0.4, 0.5) is 10.5 Å². The zero-order valence-electron chi connectivity index (χ0n) is 24.2. The van der Waals surface area contributed by atoms with Crippen LogP contribution in [0.3, 0.4) is 0 Å². The molecule has 0 heterocycles. The zero-order chi connectivity index (χ0) is 28.6. The Labute approximate surface area is 232 Å². The number of nitrogens with one attached hydrogen (secondary N) is 2. The molecule has 2 aromatic rings. The van der Waals surface area contributed by atoms with Crippen molar-refractivity contribution >= 4 is 35.4 Å². The number of alkyl carbamates (subject to hydrolysis) is 1. The quantitative estimate of drug-likeness (QED) is 0.375. The van der Waals surface area contributed by atoms with Gasteiger partial charge in [-0.25, -0.2) is 4.79 Å². The second-order valence-electron chi connectivity index (χ2n) is 10.9. The Hall–Kier alpha value is -3.00. The maximum absolute atomic E-state index is 14.1. The maximum atomic E-state index is 14.1. The van der Waals surface area contributed by atoms with E-state index in [2.05, 4.69) is 10.6 Å². The number of para-hydroxylation sites is 1. The second-order valence-corrected chi connectivity index (χ2v) is 11.9. The average Bonchev–Trinajstić information content (AvgIpc) is 2.81. The third kappa shape index (κ3) is 8.79. The number of nitrogens with zero attached hydrogens (tertiary/aromatic N) is 1. The lowest BCUT2D eigenvalue weighted by Crippen LogP contribution is -2.54. The molecule has 0 saturated heterocycles. The predicted octanol–water partition coefficient (Wildman–Crippen LogP) is 6.18. The van der Waals surface area contributed by atoms with Gasteiger partial charge >= 0.3 is 6.09 Å². The summed E-state index contributed by atoms with van der Waals surface area (Å²) in [5.74, 6) is 0.0124. The van der Waals surface area contributed by atoms with Crippen molar-refractivity contribution in [1.29, 1.82) is 0 Å². The molecule has 0 saturated carbocycles. The van der Waals surface area contributed by atoms with Gasteiger partial charge in [-0.1, -0.05) is 48.0 Å². The zero-order valence-corrected chi connectivity index (χ0v) is 25.0. The van der Waals surface area contributed by atoms with Crippen molar-refractivity contribution in [2.75, 3.05) is 17.3 Å². The first-order valence-corrected chi connectivity index (χ1v) is 14.4. The van der Waals surface area contributed by atoms with Crippen molar-refractivity contribution in [3.63, 3.8) is 0 Å². The smallest absolute Gasteiger partial charge is 0.408 e. The summed E-state index contributed by atoms with van der Waals surface area (Å²) in [5, 5.41) is 5.86. The minimum Gasteiger partial charge on any atom is -0.444 e. The van der Waals surface area contributed by atoms with E-state index in [1.807, 2.05) is 83.3 Å². The van der Waals surface area contributed by atoms with Crippen LogP contribution in [0.2, 0.25) is 0 Å². The molecule has 3 amide bonds. The standard InChI is InChI=1S/C30H43N3O4S/c1-19(2)33(28(35)24(17-18-38-9)31-29(36)37-30(6,7)8)26(23-15-13-20(3)14-16-23)27(34)32-25-21(4)11-10-12-22(25)5/h10-16,19,24,26H,17-18H2,1-9H3,(H,31,36)(H,32,34). The monoisotopic (exact) mass is 541 g/mol. The third-order valence-corrected chi connectivity index (χ3v) is 6.70. The highest BCUT2D eigenvalue weighted by molar-refractivity contribution is 7.98. The number of hydrogen-bond donors (Lipinski definition) is 2. The SMILES string of the molecule is CSCCC(NC(=O)OC(C)(C)C)C(=O)N(C(C)C)C(C(=O)Nc1c(C)cccc1C)c1ccc(C)cc1. The maximum Gasteiger partial charge on any atom is 0.408 e. The Morgan fingerprint density at radius 1 is 0.974 bits per heavy atom. The molecule has 2 aromatic carbocycles. The van der Waals surface area contributed by atoms with Crippen LogP contribution in [0.1, 0.15) is 69.3 Å². The van der Waals surface area contributed by atoms with Gasteiger partial charge < -0.3 is 20.3 Å². The number of benzene rings is 2. The lowest BCUT2D eigenvalue weighted by atomic mass is 9.99. The van der Waals surface area contributed by atoms with Crippen LogP contribution in [-0.2, 0) is 14.3 Å². The van der Waals surface area contributed by atoms with Gasteiger partial charge in [0.2, 0.25) is 5.91 Å². The van der Waals surface area contributed by atoms with Gasteiger partial charge in [0.25, 0.3) is 5.91 Å². The van der Waals surface area contributed by atoms with Gasteiger partial charge in [-0.15, -0.1) is 0 Å². The summed E-state index contributed by atoms with van der Waals surface area (Å²) in [6.45, 7) is 14.9. The van der Waals surface area contributed by atoms with E-state index in [0.29, 0.717) is 17.7 Å². The summed E-state index contributed by atoms with van der Waals surface area (Å²) >= 11 is 1.58. The molecule has 0 aromatic heterocycles. The van der Waals surface area contributed by atoms with E-state index in [4.69, 9.17) is 4.74 Å². The van der Waals surface area contributed by atoms with E-state index in [0.717, 1.165) is 22.4 Å². The van der Waals surface area contributed by atoms with Crippen LogP contribution >= 0.6 is 11.8 Å². The van der Waals surface area contributed by atoms with E-state index in [-0.39, 0.29) is 17.9 Å². The second kappa shape index (κ2) is 13.7. The lowest BCUT2D eigenvalue weighted by Gasteiger charge is -2.37. The fourth-order valence-electron chi connectivity index (χ4n) is 4.19. The van der Waals surface area contributed by atoms with E-state index < -0.39 is 23.8 Å². The molecule has 8 heteroatoms. The highest BCUT2D eigenvalue weighted by Crippen LogP contribution is 2.29. The molecule has 0 aliphatic rings.